The van der Waals surface area contributed by atoms with Crippen LogP contribution in [0.2, 0.25) is 0 Å². The number of carbonyl (C=O) groups is 5. The van der Waals surface area contributed by atoms with Gasteiger partial charge >= 0.3 is 25.7 Å². The Hall–Kier alpha value is -2.58. The summed E-state index contributed by atoms with van der Waals surface area (Å²) in [5.41, 5.74) is 5.38. The average molecular weight is 555 g/mol. The molecule has 214 valence electrons. The summed E-state index contributed by atoms with van der Waals surface area (Å²) in [5, 5.41) is 33.9. The normalized spacial score (nSPS) is 15.1. The number of carboxylic acid groups (broad SMARTS) is 3. The third-order valence-electron chi connectivity index (χ3n) is 5.12. The predicted octanol–water partition coefficient (Wildman–Crippen LogP) is 0.165. The smallest absolute Gasteiger partial charge is 0.403 e. The number of amides is 2. The standard InChI is InChI=1S/C21H39N4O11P/c1-14(6-5-13-36-37(34,35)25-16(21(32)33)9-11-19(28)29)23-18(27)10-8-15(20(30)31)24-17(26)7-3-2-4-12-22/h14-16H,2-13,22H2,1H3,(H,23,27)(H,24,26)(H,28,29)(H,30,31)(H,32,33)(H2,25,34,35)/t14-,15?,16+/m1/s1. The molecule has 0 aliphatic rings. The van der Waals surface area contributed by atoms with Crippen LogP contribution in [-0.2, 0) is 33.1 Å². The summed E-state index contributed by atoms with van der Waals surface area (Å²) in [7, 11) is -4.51. The first-order valence-corrected chi connectivity index (χ1v) is 13.6. The van der Waals surface area contributed by atoms with Gasteiger partial charge in [-0.2, -0.15) is 0 Å². The lowest BCUT2D eigenvalue weighted by molar-refractivity contribution is -0.142. The van der Waals surface area contributed by atoms with E-state index in [-0.39, 0.29) is 38.3 Å². The van der Waals surface area contributed by atoms with Gasteiger partial charge in [-0.15, -0.1) is 0 Å². The minimum absolute atomic E-state index is 0.0997. The van der Waals surface area contributed by atoms with Crippen molar-refractivity contribution in [2.24, 2.45) is 5.73 Å². The van der Waals surface area contributed by atoms with Crippen LogP contribution in [0.25, 0.3) is 0 Å². The van der Waals surface area contributed by atoms with Crippen LogP contribution in [0.15, 0.2) is 0 Å². The molecule has 0 spiro atoms. The average Bonchev–Trinajstić information content (AvgIpc) is 2.79. The molecule has 0 aromatic rings. The Morgan fingerprint density at radius 2 is 1.41 bits per heavy atom. The van der Waals surface area contributed by atoms with Gasteiger partial charge in [0.2, 0.25) is 11.8 Å². The van der Waals surface area contributed by atoms with Crippen molar-refractivity contribution in [1.29, 1.82) is 0 Å². The molecule has 4 atom stereocenters. The Labute approximate surface area is 215 Å². The van der Waals surface area contributed by atoms with Crippen LogP contribution in [0.1, 0.15) is 71.1 Å². The van der Waals surface area contributed by atoms with E-state index in [9.17, 15) is 38.5 Å². The fourth-order valence-corrected chi connectivity index (χ4v) is 4.23. The molecule has 0 aliphatic carbocycles. The first kappa shape index (κ1) is 34.4. The number of hydrogen-bond donors (Lipinski definition) is 8. The van der Waals surface area contributed by atoms with Gasteiger partial charge in [0, 0.05) is 25.3 Å². The Kier molecular flexibility index (Phi) is 17.3. The van der Waals surface area contributed by atoms with E-state index in [0.717, 1.165) is 12.8 Å². The molecule has 0 saturated carbocycles. The van der Waals surface area contributed by atoms with Crippen LogP contribution in [-0.4, -0.2) is 81.2 Å². The molecule has 0 fully saturated rings. The molecule has 0 radical (unpaired) electrons. The highest BCUT2D eigenvalue weighted by Crippen LogP contribution is 2.38. The largest absolute Gasteiger partial charge is 0.481 e. The SMILES string of the molecule is C[C@H](CCCOP(=O)(O)N[C@@H](CCC(=O)O)C(=O)O)NC(=O)CCC(NC(=O)CCCCCN)C(=O)O. The Bertz CT molecular complexity index is 811. The van der Waals surface area contributed by atoms with Crippen LogP contribution in [0.3, 0.4) is 0 Å². The number of rotatable bonds is 22. The second-order valence-electron chi connectivity index (χ2n) is 8.51. The topological polar surface area (TPSA) is 255 Å². The molecule has 0 saturated heterocycles. The van der Waals surface area contributed by atoms with E-state index in [1.807, 2.05) is 5.09 Å². The first-order valence-electron chi connectivity index (χ1n) is 12.0. The van der Waals surface area contributed by atoms with E-state index in [1.54, 1.807) is 6.92 Å². The molecule has 0 heterocycles. The van der Waals surface area contributed by atoms with Gasteiger partial charge in [0.1, 0.15) is 12.1 Å². The van der Waals surface area contributed by atoms with Crippen molar-refractivity contribution in [3.63, 3.8) is 0 Å². The molecule has 9 N–H and O–H groups in total. The van der Waals surface area contributed by atoms with E-state index < -0.39 is 62.4 Å². The number of aliphatic carboxylic acids is 3. The molecule has 2 amide bonds. The predicted molar refractivity (Wildman–Crippen MR) is 130 cm³/mol. The second-order valence-corrected chi connectivity index (χ2v) is 10.1. The van der Waals surface area contributed by atoms with Crippen LogP contribution in [0, 0.1) is 0 Å². The lowest BCUT2D eigenvalue weighted by Crippen LogP contribution is -2.42. The van der Waals surface area contributed by atoms with Gasteiger partial charge in [0.15, 0.2) is 0 Å². The Balaban J connectivity index is 4.35. The number of carbonyl (C=O) groups excluding carboxylic acids is 2. The summed E-state index contributed by atoms with van der Waals surface area (Å²) >= 11 is 0. The summed E-state index contributed by atoms with van der Waals surface area (Å²) in [4.78, 5) is 66.9. The fourth-order valence-electron chi connectivity index (χ4n) is 3.15. The van der Waals surface area contributed by atoms with Crippen molar-refractivity contribution in [3.8, 4) is 0 Å². The van der Waals surface area contributed by atoms with Crippen molar-refractivity contribution >= 4 is 37.5 Å². The highest BCUT2D eigenvalue weighted by molar-refractivity contribution is 7.50. The van der Waals surface area contributed by atoms with Gasteiger partial charge in [0.05, 0.1) is 6.61 Å². The fraction of sp³-hybridized carbons (Fsp3) is 0.762. The molecule has 16 heteroatoms. The third-order valence-corrected chi connectivity index (χ3v) is 6.29. The minimum Gasteiger partial charge on any atom is -0.481 e. The van der Waals surface area contributed by atoms with Crippen molar-refractivity contribution in [1.82, 2.24) is 15.7 Å². The highest BCUT2D eigenvalue weighted by Gasteiger charge is 2.29. The molecule has 0 aromatic carbocycles. The summed E-state index contributed by atoms with van der Waals surface area (Å²) in [6, 6.07) is -3.17. The summed E-state index contributed by atoms with van der Waals surface area (Å²) in [6.45, 7) is 1.94. The first-order chi connectivity index (χ1) is 17.3. The van der Waals surface area contributed by atoms with Gasteiger partial charge in [-0.25, -0.2) is 14.4 Å². The van der Waals surface area contributed by atoms with Gasteiger partial charge in [-0.3, -0.25) is 23.7 Å². The molecule has 0 bridgehead atoms. The maximum absolute atomic E-state index is 12.1. The zero-order valence-corrected chi connectivity index (χ0v) is 21.8. The number of carboxylic acids is 3. The van der Waals surface area contributed by atoms with E-state index in [0.29, 0.717) is 19.4 Å². The highest BCUT2D eigenvalue weighted by atomic mass is 31.2. The van der Waals surface area contributed by atoms with Crippen molar-refractivity contribution in [2.45, 2.75) is 89.3 Å². The van der Waals surface area contributed by atoms with Crippen LogP contribution in [0.4, 0.5) is 0 Å². The van der Waals surface area contributed by atoms with Crippen LogP contribution < -0.4 is 21.5 Å². The minimum atomic E-state index is -4.51. The van der Waals surface area contributed by atoms with Crippen LogP contribution >= 0.6 is 7.75 Å². The van der Waals surface area contributed by atoms with Gasteiger partial charge in [-0.05, 0) is 52.0 Å². The number of nitrogens with two attached hydrogens (primary N) is 1. The van der Waals surface area contributed by atoms with Crippen LogP contribution in [0.5, 0.6) is 0 Å². The maximum atomic E-state index is 12.1. The molecule has 0 aliphatic heterocycles. The zero-order valence-electron chi connectivity index (χ0n) is 20.9. The van der Waals surface area contributed by atoms with Gasteiger partial charge in [-0.1, -0.05) is 6.42 Å². The molecule has 0 rings (SSSR count). The molecule has 0 aromatic heterocycles. The monoisotopic (exact) mass is 554 g/mol. The number of hydrogen-bond acceptors (Lipinski definition) is 8. The van der Waals surface area contributed by atoms with Crippen molar-refractivity contribution in [3.05, 3.63) is 0 Å². The Morgan fingerprint density at radius 1 is 0.811 bits per heavy atom. The van der Waals surface area contributed by atoms with E-state index >= 15 is 0 Å². The van der Waals surface area contributed by atoms with Gasteiger partial charge in [0.25, 0.3) is 0 Å². The molecule has 2 unspecified atom stereocenters. The van der Waals surface area contributed by atoms with Gasteiger partial charge < -0.3 is 36.6 Å². The molecular weight excluding hydrogens is 515 g/mol. The lowest BCUT2D eigenvalue weighted by atomic mass is 10.1. The Morgan fingerprint density at radius 3 is 1.97 bits per heavy atom. The van der Waals surface area contributed by atoms with Crippen molar-refractivity contribution < 1.29 is 53.3 Å². The molecule has 15 nitrogen and oxygen atoms in total. The van der Waals surface area contributed by atoms with Crippen molar-refractivity contribution in [2.75, 3.05) is 13.2 Å². The third kappa shape index (κ3) is 18.3. The second kappa shape index (κ2) is 18.6. The number of unbranched alkanes of at least 4 members (excludes halogenated alkanes) is 2. The van der Waals surface area contributed by atoms with E-state index in [2.05, 4.69) is 10.6 Å². The van der Waals surface area contributed by atoms with E-state index in [4.69, 9.17) is 20.5 Å². The van der Waals surface area contributed by atoms with E-state index in [1.165, 1.54) is 0 Å². The zero-order chi connectivity index (χ0) is 28.4. The lowest BCUT2D eigenvalue weighted by Gasteiger charge is -2.19. The molecular formula is C21H39N4O11P. The summed E-state index contributed by atoms with van der Waals surface area (Å²) in [6.07, 6.45) is 1.66. The maximum Gasteiger partial charge on any atom is 0.403 e. The summed E-state index contributed by atoms with van der Waals surface area (Å²) < 4.78 is 16.8. The summed E-state index contributed by atoms with van der Waals surface area (Å²) in [5.74, 6) is -4.85. The quantitative estimate of drug-likeness (QED) is 0.0656. The molecule has 37 heavy (non-hydrogen) atoms. The number of nitrogens with one attached hydrogen (secondary N) is 3.